The molecule has 0 aliphatic rings. The highest BCUT2D eigenvalue weighted by molar-refractivity contribution is 9.10. The number of hydrogen-bond donors (Lipinski definition) is 0. The van der Waals surface area contributed by atoms with Crippen molar-refractivity contribution in [3.05, 3.63) is 76.8 Å². The molecule has 0 atom stereocenters. The van der Waals surface area contributed by atoms with Gasteiger partial charge in [0.2, 0.25) is 0 Å². The minimum atomic E-state index is 0.867. The second kappa shape index (κ2) is 5.43. The van der Waals surface area contributed by atoms with Gasteiger partial charge in [0.15, 0.2) is 0 Å². The maximum atomic E-state index is 5.88. The number of furan rings is 1. The predicted molar refractivity (Wildman–Crippen MR) is 95.1 cm³/mol. The summed E-state index contributed by atoms with van der Waals surface area (Å²) in [5.41, 5.74) is 3.72. The zero-order valence-electron chi connectivity index (χ0n) is 11.7. The van der Waals surface area contributed by atoms with Gasteiger partial charge in [0.05, 0.1) is 5.69 Å². The van der Waals surface area contributed by atoms with Gasteiger partial charge in [-0.25, -0.2) is 0 Å². The monoisotopic (exact) mass is 349 g/mol. The van der Waals surface area contributed by atoms with Crippen LogP contribution in [0.3, 0.4) is 0 Å². The fourth-order valence-corrected chi connectivity index (χ4v) is 2.76. The molecule has 0 spiro atoms. The van der Waals surface area contributed by atoms with E-state index in [1.807, 2.05) is 60.8 Å². The molecule has 4 rings (SSSR count). The van der Waals surface area contributed by atoms with Crippen LogP contribution in [0.5, 0.6) is 0 Å². The molecule has 0 fully saturated rings. The Balaban J connectivity index is 1.73. The number of hydrogen-bond acceptors (Lipinski definition) is 2. The Kier molecular flexibility index (Phi) is 3.28. The maximum absolute atomic E-state index is 5.88. The van der Waals surface area contributed by atoms with Crippen LogP contribution >= 0.6 is 15.9 Å². The summed E-state index contributed by atoms with van der Waals surface area (Å²) in [5.74, 6) is 0. The fourth-order valence-electron chi connectivity index (χ4n) is 2.49. The van der Waals surface area contributed by atoms with Gasteiger partial charge >= 0.3 is 0 Å². The van der Waals surface area contributed by atoms with Gasteiger partial charge in [0.25, 0.3) is 0 Å². The molecule has 2 nitrogen and oxygen atoms in total. The third-order valence-corrected chi connectivity index (χ3v) is 4.12. The van der Waals surface area contributed by atoms with Gasteiger partial charge in [-0.05, 0) is 35.9 Å². The Labute approximate surface area is 136 Å². The molecule has 0 unspecified atom stereocenters. The molecule has 3 aromatic carbocycles. The lowest BCUT2D eigenvalue weighted by Gasteiger charge is -1.95. The van der Waals surface area contributed by atoms with E-state index in [1.54, 1.807) is 0 Å². The average molecular weight is 350 g/mol. The lowest BCUT2D eigenvalue weighted by molar-refractivity contribution is 0.669. The summed E-state index contributed by atoms with van der Waals surface area (Å²) in [4.78, 5) is 4.53. The van der Waals surface area contributed by atoms with Gasteiger partial charge in [0.1, 0.15) is 11.2 Å². The van der Waals surface area contributed by atoms with Crippen molar-refractivity contribution in [2.24, 2.45) is 4.99 Å². The number of halogens is 1. The Hall–Kier alpha value is -2.39. The topological polar surface area (TPSA) is 25.5 Å². The van der Waals surface area contributed by atoms with Crippen LogP contribution in [0.25, 0.3) is 21.9 Å². The first-order chi connectivity index (χ1) is 10.8. The Morgan fingerprint density at radius 3 is 2.45 bits per heavy atom. The van der Waals surface area contributed by atoms with Crippen molar-refractivity contribution < 1.29 is 4.42 Å². The van der Waals surface area contributed by atoms with E-state index >= 15 is 0 Å². The zero-order valence-corrected chi connectivity index (χ0v) is 13.2. The van der Waals surface area contributed by atoms with Crippen molar-refractivity contribution in [2.45, 2.75) is 0 Å². The Morgan fingerprint density at radius 2 is 1.59 bits per heavy atom. The lowest BCUT2D eigenvalue weighted by atomic mass is 10.1. The predicted octanol–water partition coefficient (Wildman–Crippen LogP) is 6.10. The van der Waals surface area contributed by atoms with Crippen molar-refractivity contribution in [1.82, 2.24) is 0 Å². The van der Waals surface area contributed by atoms with Gasteiger partial charge < -0.3 is 4.42 Å². The molecule has 22 heavy (non-hydrogen) atoms. The molecule has 0 aliphatic carbocycles. The van der Waals surface area contributed by atoms with Crippen LogP contribution in [-0.2, 0) is 0 Å². The third kappa shape index (κ3) is 2.44. The van der Waals surface area contributed by atoms with Crippen LogP contribution in [0.2, 0.25) is 0 Å². The van der Waals surface area contributed by atoms with E-state index in [9.17, 15) is 0 Å². The molecule has 0 saturated heterocycles. The summed E-state index contributed by atoms with van der Waals surface area (Å²) in [6.07, 6.45) is 1.86. The Morgan fingerprint density at radius 1 is 0.818 bits per heavy atom. The van der Waals surface area contributed by atoms with Crippen molar-refractivity contribution in [3.63, 3.8) is 0 Å². The van der Waals surface area contributed by atoms with E-state index in [1.165, 1.54) is 0 Å². The van der Waals surface area contributed by atoms with E-state index in [0.717, 1.165) is 37.7 Å². The van der Waals surface area contributed by atoms with Crippen LogP contribution in [0.15, 0.2) is 80.6 Å². The van der Waals surface area contributed by atoms with E-state index < -0.39 is 0 Å². The molecule has 3 heteroatoms. The second-order valence-electron chi connectivity index (χ2n) is 5.09. The summed E-state index contributed by atoms with van der Waals surface area (Å²) in [6, 6.07) is 22.2. The minimum Gasteiger partial charge on any atom is -0.456 e. The van der Waals surface area contributed by atoms with Crippen LogP contribution in [0, 0.1) is 0 Å². The largest absolute Gasteiger partial charge is 0.456 e. The van der Waals surface area contributed by atoms with Gasteiger partial charge in [-0.2, -0.15) is 0 Å². The molecule has 106 valence electrons. The number of fused-ring (bicyclic) bond motifs is 3. The molecule has 4 aromatic rings. The van der Waals surface area contributed by atoms with Crippen molar-refractivity contribution in [2.75, 3.05) is 0 Å². The highest BCUT2D eigenvalue weighted by atomic mass is 79.9. The standard InChI is InChI=1S/C19H12BrNO/c20-14-7-5-13(6-8-14)12-21-15-9-10-17-16-3-1-2-4-18(16)22-19(17)11-15/h1-12H. The molecule has 0 radical (unpaired) electrons. The summed E-state index contributed by atoms with van der Waals surface area (Å²) >= 11 is 3.43. The fraction of sp³-hybridized carbons (Fsp3) is 0. The van der Waals surface area contributed by atoms with Crippen LogP contribution in [-0.4, -0.2) is 6.21 Å². The van der Waals surface area contributed by atoms with E-state index in [0.29, 0.717) is 0 Å². The van der Waals surface area contributed by atoms with Gasteiger partial charge in [-0.1, -0.05) is 46.3 Å². The number of rotatable bonds is 2. The van der Waals surface area contributed by atoms with Crippen LogP contribution in [0.1, 0.15) is 5.56 Å². The average Bonchev–Trinajstić information content (AvgIpc) is 2.92. The van der Waals surface area contributed by atoms with Crippen molar-refractivity contribution in [3.8, 4) is 0 Å². The summed E-state index contributed by atoms with van der Waals surface area (Å²) in [5, 5.41) is 2.26. The quantitative estimate of drug-likeness (QED) is 0.401. The van der Waals surface area contributed by atoms with Crippen LogP contribution < -0.4 is 0 Å². The van der Waals surface area contributed by atoms with Gasteiger partial charge in [-0.3, -0.25) is 4.99 Å². The molecular weight excluding hydrogens is 338 g/mol. The van der Waals surface area contributed by atoms with E-state index in [-0.39, 0.29) is 0 Å². The highest BCUT2D eigenvalue weighted by Gasteiger charge is 2.06. The normalized spacial score (nSPS) is 11.7. The molecule has 0 bridgehead atoms. The lowest BCUT2D eigenvalue weighted by Crippen LogP contribution is -1.78. The van der Waals surface area contributed by atoms with Crippen molar-refractivity contribution in [1.29, 1.82) is 0 Å². The minimum absolute atomic E-state index is 0.867. The molecule has 0 aliphatic heterocycles. The number of aliphatic imine (C=N–C) groups is 1. The Bertz CT molecular complexity index is 983. The van der Waals surface area contributed by atoms with E-state index in [4.69, 9.17) is 4.42 Å². The first-order valence-corrected chi connectivity index (χ1v) is 7.80. The second-order valence-corrected chi connectivity index (χ2v) is 6.00. The molecule has 0 N–H and O–H groups in total. The SMILES string of the molecule is Brc1ccc(C=Nc2ccc3c(c2)oc2ccccc23)cc1. The summed E-state index contributed by atoms with van der Waals surface area (Å²) in [7, 11) is 0. The van der Waals surface area contributed by atoms with E-state index in [2.05, 4.69) is 33.1 Å². The van der Waals surface area contributed by atoms with Gasteiger partial charge in [-0.15, -0.1) is 0 Å². The smallest absolute Gasteiger partial charge is 0.137 e. The molecule has 1 heterocycles. The highest BCUT2D eigenvalue weighted by Crippen LogP contribution is 2.31. The first-order valence-electron chi connectivity index (χ1n) is 7.00. The molecule has 0 saturated carbocycles. The van der Waals surface area contributed by atoms with Crippen LogP contribution in [0.4, 0.5) is 5.69 Å². The first kappa shape index (κ1) is 13.3. The number of nitrogens with zero attached hydrogens (tertiary/aromatic N) is 1. The van der Waals surface area contributed by atoms with Gasteiger partial charge in [0, 0.05) is 27.5 Å². The molecule has 0 amide bonds. The molecular formula is C19H12BrNO. The number of benzene rings is 3. The third-order valence-electron chi connectivity index (χ3n) is 3.60. The number of para-hydroxylation sites is 1. The molecule has 1 aromatic heterocycles. The maximum Gasteiger partial charge on any atom is 0.137 e. The van der Waals surface area contributed by atoms with Crippen molar-refractivity contribution >= 4 is 49.8 Å². The summed E-state index contributed by atoms with van der Waals surface area (Å²) in [6.45, 7) is 0. The zero-order chi connectivity index (χ0) is 14.9. The summed E-state index contributed by atoms with van der Waals surface area (Å²) < 4.78 is 6.94.